The van der Waals surface area contributed by atoms with E-state index >= 15 is 0 Å². The molecule has 0 spiro atoms. The smallest absolute Gasteiger partial charge is 0.123 e. The second kappa shape index (κ2) is 7.13. The molecule has 6 heteroatoms. The Kier molecular flexibility index (Phi) is 5.48. The molecule has 3 heterocycles. The zero-order valence-electron chi connectivity index (χ0n) is 11.5. The fraction of sp³-hybridized carbons (Fsp3) is 0.429. The van der Waals surface area contributed by atoms with Gasteiger partial charge >= 0.3 is 0 Å². The number of pyridine rings is 1. The minimum absolute atomic E-state index is 0. The summed E-state index contributed by atoms with van der Waals surface area (Å²) >= 11 is 1.78. The number of halogens is 1. The molecule has 1 unspecified atom stereocenters. The molecule has 1 N–H and O–H groups in total. The minimum Gasteiger partial charge on any atom is -0.312 e. The molecule has 0 amide bonds. The number of hydrogen-bond donors (Lipinski definition) is 1. The number of piperazine rings is 1. The van der Waals surface area contributed by atoms with E-state index in [2.05, 4.69) is 27.1 Å². The fourth-order valence-corrected chi connectivity index (χ4v) is 3.34. The fourth-order valence-electron chi connectivity index (χ4n) is 2.38. The summed E-state index contributed by atoms with van der Waals surface area (Å²) in [6.07, 6.45) is 5.63. The highest BCUT2D eigenvalue weighted by Gasteiger charge is 2.16. The molecule has 1 saturated heterocycles. The summed E-state index contributed by atoms with van der Waals surface area (Å²) in [6, 6.07) is 4.60. The van der Waals surface area contributed by atoms with Crippen LogP contribution in [0.2, 0.25) is 0 Å². The Bertz CT molecular complexity index is 531. The maximum Gasteiger partial charge on any atom is 0.123 e. The summed E-state index contributed by atoms with van der Waals surface area (Å²) in [5.74, 6) is 0. The van der Waals surface area contributed by atoms with Crippen LogP contribution in [0.5, 0.6) is 0 Å². The Hall–Kier alpha value is -1.01. The van der Waals surface area contributed by atoms with Crippen LogP contribution in [0.3, 0.4) is 0 Å². The van der Waals surface area contributed by atoms with E-state index in [1.54, 1.807) is 11.3 Å². The molecular weight excluding hydrogens is 292 g/mol. The van der Waals surface area contributed by atoms with E-state index in [-0.39, 0.29) is 12.4 Å². The monoisotopic (exact) mass is 310 g/mol. The number of hydrogen-bond acceptors (Lipinski definition) is 5. The van der Waals surface area contributed by atoms with Gasteiger partial charge in [-0.1, -0.05) is 0 Å². The molecule has 1 aliphatic rings. The molecule has 0 aromatic carbocycles. The van der Waals surface area contributed by atoms with Crippen LogP contribution in [0.25, 0.3) is 10.6 Å². The standard InChI is InChI=1S/C14H18N4S.ClH/c1-11-9-18(7-6-16-11)10-13-8-17-14(19-13)12-2-4-15-5-3-12;/h2-5,8,11,16H,6-7,9-10H2,1H3;1H. The molecule has 3 rings (SSSR count). The Morgan fingerprint density at radius 2 is 2.20 bits per heavy atom. The molecule has 4 nitrogen and oxygen atoms in total. The number of rotatable bonds is 3. The number of thiazole rings is 1. The maximum atomic E-state index is 4.52. The molecule has 0 saturated carbocycles. The maximum absolute atomic E-state index is 4.52. The molecule has 108 valence electrons. The molecule has 2 aromatic heterocycles. The normalized spacial score (nSPS) is 19.6. The van der Waals surface area contributed by atoms with Crippen molar-refractivity contribution in [3.05, 3.63) is 35.6 Å². The SMILES string of the molecule is CC1CN(Cc2cnc(-c3ccncc3)s2)CCN1.Cl. The predicted molar refractivity (Wildman–Crippen MR) is 85.3 cm³/mol. The molecule has 20 heavy (non-hydrogen) atoms. The van der Waals surface area contributed by atoms with Crippen LogP contribution in [0.15, 0.2) is 30.7 Å². The van der Waals surface area contributed by atoms with Gasteiger partial charge in [-0.25, -0.2) is 4.98 Å². The highest BCUT2D eigenvalue weighted by molar-refractivity contribution is 7.15. The first-order valence-corrected chi connectivity index (χ1v) is 7.44. The van der Waals surface area contributed by atoms with E-state index in [1.807, 2.05) is 30.7 Å². The molecule has 0 bridgehead atoms. The number of aromatic nitrogens is 2. The average Bonchev–Trinajstić information content (AvgIpc) is 2.88. The highest BCUT2D eigenvalue weighted by Crippen LogP contribution is 2.25. The molecule has 1 fully saturated rings. The van der Waals surface area contributed by atoms with Gasteiger partial charge in [-0.15, -0.1) is 23.7 Å². The van der Waals surface area contributed by atoms with E-state index in [9.17, 15) is 0 Å². The Morgan fingerprint density at radius 3 is 2.95 bits per heavy atom. The lowest BCUT2D eigenvalue weighted by atomic mass is 10.2. The lowest BCUT2D eigenvalue weighted by Crippen LogP contribution is -2.48. The summed E-state index contributed by atoms with van der Waals surface area (Å²) in [7, 11) is 0. The van der Waals surface area contributed by atoms with E-state index in [1.165, 1.54) is 4.88 Å². The van der Waals surface area contributed by atoms with Crippen molar-refractivity contribution >= 4 is 23.7 Å². The molecular formula is C14H19ClN4S. The Labute approximate surface area is 129 Å². The highest BCUT2D eigenvalue weighted by atomic mass is 35.5. The Morgan fingerprint density at radius 1 is 1.40 bits per heavy atom. The van der Waals surface area contributed by atoms with Crippen LogP contribution in [0, 0.1) is 0 Å². The van der Waals surface area contributed by atoms with Gasteiger partial charge in [0.15, 0.2) is 0 Å². The summed E-state index contributed by atoms with van der Waals surface area (Å²) in [5.41, 5.74) is 1.15. The van der Waals surface area contributed by atoms with E-state index in [0.717, 1.165) is 36.8 Å². The summed E-state index contributed by atoms with van der Waals surface area (Å²) in [6.45, 7) is 6.56. The minimum atomic E-state index is 0. The summed E-state index contributed by atoms with van der Waals surface area (Å²) < 4.78 is 0. The van der Waals surface area contributed by atoms with Crippen molar-refractivity contribution in [1.82, 2.24) is 20.2 Å². The van der Waals surface area contributed by atoms with E-state index in [0.29, 0.717) is 6.04 Å². The van der Waals surface area contributed by atoms with Gasteiger partial charge < -0.3 is 5.32 Å². The van der Waals surface area contributed by atoms with Gasteiger partial charge in [0.25, 0.3) is 0 Å². The first-order valence-electron chi connectivity index (χ1n) is 6.62. The quantitative estimate of drug-likeness (QED) is 0.945. The van der Waals surface area contributed by atoms with Crippen molar-refractivity contribution in [2.45, 2.75) is 19.5 Å². The second-order valence-electron chi connectivity index (χ2n) is 4.96. The van der Waals surface area contributed by atoms with Crippen molar-refractivity contribution in [3.8, 4) is 10.6 Å². The third-order valence-electron chi connectivity index (χ3n) is 3.31. The molecule has 0 radical (unpaired) electrons. The lowest BCUT2D eigenvalue weighted by molar-refractivity contribution is 0.201. The third-order valence-corrected chi connectivity index (χ3v) is 4.34. The van der Waals surface area contributed by atoms with Gasteiger partial charge in [0.1, 0.15) is 5.01 Å². The predicted octanol–water partition coefficient (Wildman–Crippen LogP) is 2.42. The van der Waals surface area contributed by atoms with Gasteiger partial charge in [0.05, 0.1) is 0 Å². The van der Waals surface area contributed by atoms with Crippen LogP contribution in [-0.2, 0) is 6.54 Å². The van der Waals surface area contributed by atoms with Crippen molar-refractivity contribution in [3.63, 3.8) is 0 Å². The van der Waals surface area contributed by atoms with Gasteiger partial charge in [-0.2, -0.15) is 0 Å². The summed E-state index contributed by atoms with van der Waals surface area (Å²) in [5, 5.41) is 4.55. The van der Waals surface area contributed by atoms with Crippen LogP contribution >= 0.6 is 23.7 Å². The largest absolute Gasteiger partial charge is 0.312 e. The van der Waals surface area contributed by atoms with Crippen LogP contribution in [0.1, 0.15) is 11.8 Å². The third kappa shape index (κ3) is 3.76. The van der Waals surface area contributed by atoms with Crippen molar-refractivity contribution in [2.75, 3.05) is 19.6 Å². The van der Waals surface area contributed by atoms with Crippen molar-refractivity contribution < 1.29 is 0 Å². The zero-order valence-corrected chi connectivity index (χ0v) is 13.1. The first-order chi connectivity index (χ1) is 9.31. The van der Waals surface area contributed by atoms with Gasteiger partial charge in [0, 0.05) is 61.3 Å². The lowest BCUT2D eigenvalue weighted by Gasteiger charge is -2.31. The van der Waals surface area contributed by atoms with Crippen molar-refractivity contribution in [1.29, 1.82) is 0 Å². The molecule has 1 aliphatic heterocycles. The van der Waals surface area contributed by atoms with Gasteiger partial charge in [-0.3, -0.25) is 9.88 Å². The second-order valence-corrected chi connectivity index (χ2v) is 6.07. The van der Waals surface area contributed by atoms with E-state index in [4.69, 9.17) is 0 Å². The summed E-state index contributed by atoms with van der Waals surface area (Å²) in [4.78, 5) is 12.4. The number of nitrogens with one attached hydrogen (secondary N) is 1. The van der Waals surface area contributed by atoms with Crippen molar-refractivity contribution in [2.24, 2.45) is 0 Å². The van der Waals surface area contributed by atoms with Crippen LogP contribution in [0.4, 0.5) is 0 Å². The number of nitrogens with zero attached hydrogens (tertiary/aromatic N) is 3. The molecule has 0 aliphatic carbocycles. The van der Waals surface area contributed by atoms with Crippen LogP contribution < -0.4 is 5.32 Å². The first kappa shape index (κ1) is 15.4. The Balaban J connectivity index is 0.00000147. The van der Waals surface area contributed by atoms with Gasteiger partial charge in [0.2, 0.25) is 0 Å². The molecule has 2 aromatic rings. The topological polar surface area (TPSA) is 41.1 Å². The van der Waals surface area contributed by atoms with Crippen LogP contribution in [-0.4, -0.2) is 40.5 Å². The average molecular weight is 311 g/mol. The zero-order chi connectivity index (χ0) is 13.1. The van der Waals surface area contributed by atoms with Gasteiger partial charge in [-0.05, 0) is 19.1 Å². The molecule has 1 atom stereocenters. The van der Waals surface area contributed by atoms with E-state index < -0.39 is 0 Å².